The molecule has 0 aromatic carbocycles. The average molecular weight is 272 g/mol. The fraction of sp³-hybridized carbons (Fsp3) is 0.583. The molecule has 2 heterocycles. The molecule has 100 valence electrons. The Morgan fingerprint density at radius 1 is 1.17 bits per heavy atom. The van der Waals surface area contributed by atoms with Crippen molar-refractivity contribution in [2.75, 3.05) is 0 Å². The smallest absolute Gasteiger partial charge is 0.399 e. The van der Waals surface area contributed by atoms with E-state index >= 15 is 0 Å². The first-order chi connectivity index (χ1) is 7.86. The number of hydrogen-bond acceptors (Lipinski definition) is 4. The van der Waals surface area contributed by atoms with E-state index in [-0.39, 0.29) is 37.3 Å². The minimum atomic E-state index is -0.389. The zero-order valence-corrected chi connectivity index (χ0v) is 12.0. The minimum Gasteiger partial charge on any atom is -0.399 e. The summed E-state index contributed by atoms with van der Waals surface area (Å²) in [6, 6.07) is 3.65. The molecule has 1 N–H and O–H groups in total. The number of pyridine rings is 1. The molecule has 0 saturated carbocycles. The topological polar surface area (TPSA) is 51.6 Å². The zero-order valence-electron chi connectivity index (χ0n) is 11.1. The summed E-state index contributed by atoms with van der Waals surface area (Å²) in [5.41, 5.74) is 0.840. The molecule has 1 aliphatic rings. The second-order valence-electron chi connectivity index (χ2n) is 5.33. The van der Waals surface area contributed by atoms with Crippen LogP contribution in [-0.2, 0) is 15.9 Å². The van der Waals surface area contributed by atoms with Gasteiger partial charge in [-0.05, 0) is 33.8 Å². The lowest BCUT2D eigenvalue weighted by molar-refractivity contribution is 0.00578. The molecule has 1 aromatic heterocycles. The van der Waals surface area contributed by atoms with Gasteiger partial charge in [0, 0.05) is 11.7 Å². The van der Waals surface area contributed by atoms with Crippen LogP contribution in [0.4, 0.5) is 0 Å². The Balaban J connectivity index is 0.00000162. The molecule has 0 atom stereocenters. The highest BCUT2D eigenvalue weighted by Gasteiger charge is 2.51. The molecule has 6 heteroatoms. The molecule has 1 saturated heterocycles. The van der Waals surface area contributed by atoms with Crippen molar-refractivity contribution in [2.45, 2.75) is 45.5 Å². The Morgan fingerprint density at radius 3 is 2.11 bits per heavy atom. The molecular weight excluding hydrogens is 252 g/mol. The van der Waals surface area contributed by atoms with Gasteiger partial charge in [0.1, 0.15) is 0 Å². The van der Waals surface area contributed by atoms with E-state index in [0.29, 0.717) is 5.69 Å². The van der Waals surface area contributed by atoms with Crippen molar-refractivity contribution in [2.24, 2.45) is 0 Å². The molecule has 0 spiro atoms. The van der Waals surface area contributed by atoms with E-state index in [1.54, 1.807) is 12.3 Å². The number of aromatic nitrogens is 1. The maximum absolute atomic E-state index is 8.93. The van der Waals surface area contributed by atoms with Crippen molar-refractivity contribution in [1.29, 1.82) is 0 Å². The number of aliphatic hydroxyl groups excluding tert-OH is 1. The van der Waals surface area contributed by atoms with Crippen LogP contribution in [0.3, 0.4) is 0 Å². The highest BCUT2D eigenvalue weighted by atomic mass is 35.5. The fourth-order valence-electron chi connectivity index (χ4n) is 1.65. The molecule has 0 amide bonds. The SMILES string of the molecule is CC1(C)OB(c2ccc(CO)nc2)OC1(C)C.Cl. The van der Waals surface area contributed by atoms with Gasteiger partial charge in [-0.15, -0.1) is 12.4 Å². The van der Waals surface area contributed by atoms with Gasteiger partial charge in [-0.3, -0.25) is 4.98 Å². The van der Waals surface area contributed by atoms with Gasteiger partial charge >= 0.3 is 7.12 Å². The number of nitrogens with zero attached hydrogens (tertiary/aromatic N) is 1. The summed E-state index contributed by atoms with van der Waals surface area (Å²) in [4.78, 5) is 4.13. The highest BCUT2D eigenvalue weighted by molar-refractivity contribution is 6.62. The Morgan fingerprint density at radius 2 is 1.72 bits per heavy atom. The number of halogens is 1. The van der Waals surface area contributed by atoms with Crippen molar-refractivity contribution in [1.82, 2.24) is 4.98 Å². The standard InChI is InChI=1S/C12H18BNO3.ClH/c1-11(2)12(3,4)17-13(16-11)9-5-6-10(8-15)14-7-9;/h5-7,15H,8H2,1-4H3;1H. The molecular formula is C12H19BClNO3. The minimum absolute atomic E-state index is 0. The van der Waals surface area contributed by atoms with Crippen LogP contribution < -0.4 is 5.46 Å². The van der Waals surface area contributed by atoms with E-state index in [1.807, 2.05) is 33.8 Å². The van der Waals surface area contributed by atoms with Gasteiger partial charge in [0.15, 0.2) is 0 Å². The van der Waals surface area contributed by atoms with Gasteiger partial charge in [0.05, 0.1) is 23.5 Å². The quantitative estimate of drug-likeness (QED) is 0.824. The largest absolute Gasteiger partial charge is 0.496 e. The Kier molecular flexibility index (Phi) is 4.44. The van der Waals surface area contributed by atoms with Crippen molar-refractivity contribution < 1.29 is 14.4 Å². The summed E-state index contributed by atoms with van der Waals surface area (Å²) in [7, 11) is -0.389. The number of aliphatic hydroxyl groups is 1. The second-order valence-corrected chi connectivity index (χ2v) is 5.33. The van der Waals surface area contributed by atoms with Gasteiger partial charge in [0.2, 0.25) is 0 Å². The van der Waals surface area contributed by atoms with Gasteiger partial charge in [0.25, 0.3) is 0 Å². The van der Waals surface area contributed by atoms with Gasteiger partial charge in [-0.1, -0.05) is 6.07 Å². The third kappa shape index (κ3) is 2.69. The monoisotopic (exact) mass is 271 g/mol. The molecule has 2 rings (SSSR count). The highest BCUT2D eigenvalue weighted by Crippen LogP contribution is 2.36. The van der Waals surface area contributed by atoms with Gasteiger partial charge in [-0.2, -0.15) is 0 Å². The number of hydrogen-bond donors (Lipinski definition) is 1. The van der Waals surface area contributed by atoms with Crippen LogP contribution in [0.25, 0.3) is 0 Å². The summed E-state index contributed by atoms with van der Waals surface area (Å²) in [6.07, 6.45) is 1.69. The zero-order chi connectivity index (χ0) is 12.7. The van der Waals surface area contributed by atoms with Gasteiger partial charge < -0.3 is 14.4 Å². The van der Waals surface area contributed by atoms with Crippen LogP contribution in [-0.4, -0.2) is 28.4 Å². The predicted octanol–water partition coefficient (Wildman–Crippen LogP) is 1.29. The lowest BCUT2D eigenvalue weighted by Gasteiger charge is -2.32. The summed E-state index contributed by atoms with van der Waals surface area (Å²) in [5, 5.41) is 8.93. The molecule has 0 unspecified atom stereocenters. The predicted molar refractivity (Wildman–Crippen MR) is 73.1 cm³/mol. The Labute approximate surface area is 114 Å². The molecule has 1 fully saturated rings. The van der Waals surface area contributed by atoms with Crippen LogP contribution >= 0.6 is 12.4 Å². The first-order valence-corrected chi connectivity index (χ1v) is 5.77. The average Bonchev–Trinajstić information content (AvgIpc) is 2.48. The first-order valence-electron chi connectivity index (χ1n) is 5.77. The van der Waals surface area contributed by atoms with Crippen LogP contribution in [0.1, 0.15) is 33.4 Å². The lowest BCUT2D eigenvalue weighted by atomic mass is 9.80. The van der Waals surface area contributed by atoms with E-state index in [4.69, 9.17) is 14.4 Å². The van der Waals surface area contributed by atoms with Crippen molar-refractivity contribution in [3.8, 4) is 0 Å². The summed E-state index contributed by atoms with van der Waals surface area (Å²) < 4.78 is 11.8. The third-order valence-electron chi connectivity index (χ3n) is 3.54. The third-order valence-corrected chi connectivity index (χ3v) is 3.54. The first kappa shape index (κ1) is 15.4. The molecule has 1 aromatic rings. The van der Waals surface area contributed by atoms with E-state index in [0.717, 1.165) is 5.46 Å². The van der Waals surface area contributed by atoms with Crippen LogP contribution in [0, 0.1) is 0 Å². The number of rotatable bonds is 2. The molecule has 18 heavy (non-hydrogen) atoms. The molecule has 0 bridgehead atoms. The van der Waals surface area contributed by atoms with Gasteiger partial charge in [-0.25, -0.2) is 0 Å². The molecule has 0 aliphatic carbocycles. The Hall–Kier alpha value is -0.615. The summed E-state index contributed by atoms with van der Waals surface area (Å²) in [5.74, 6) is 0. The normalized spacial score (nSPS) is 20.6. The van der Waals surface area contributed by atoms with E-state index in [1.165, 1.54) is 0 Å². The van der Waals surface area contributed by atoms with Crippen molar-refractivity contribution in [3.05, 3.63) is 24.0 Å². The maximum Gasteiger partial charge on any atom is 0.496 e. The fourth-order valence-corrected chi connectivity index (χ4v) is 1.65. The second kappa shape index (κ2) is 5.17. The molecule has 0 radical (unpaired) electrons. The Bertz CT molecular complexity index is 392. The maximum atomic E-state index is 8.93. The van der Waals surface area contributed by atoms with E-state index < -0.39 is 0 Å². The van der Waals surface area contributed by atoms with E-state index in [2.05, 4.69) is 4.98 Å². The summed E-state index contributed by atoms with van der Waals surface area (Å²) in [6.45, 7) is 8.01. The molecule has 1 aliphatic heterocycles. The van der Waals surface area contributed by atoms with Crippen LogP contribution in [0.5, 0.6) is 0 Å². The van der Waals surface area contributed by atoms with Crippen LogP contribution in [0.2, 0.25) is 0 Å². The van der Waals surface area contributed by atoms with Crippen LogP contribution in [0.15, 0.2) is 18.3 Å². The summed E-state index contributed by atoms with van der Waals surface area (Å²) >= 11 is 0. The lowest BCUT2D eigenvalue weighted by Crippen LogP contribution is -2.41. The molecule has 4 nitrogen and oxygen atoms in total. The van der Waals surface area contributed by atoms with E-state index in [9.17, 15) is 0 Å². The van der Waals surface area contributed by atoms with Crippen molar-refractivity contribution >= 4 is 25.0 Å². The van der Waals surface area contributed by atoms with Crippen molar-refractivity contribution in [3.63, 3.8) is 0 Å².